The fraction of sp³-hybridized carbons (Fsp3) is 0.867. The van der Waals surface area contributed by atoms with E-state index in [0.29, 0.717) is 18.7 Å². The maximum Gasteiger partial charge on any atom is 0.225 e. The van der Waals surface area contributed by atoms with Gasteiger partial charge in [-0.15, -0.1) is 0 Å². The summed E-state index contributed by atoms with van der Waals surface area (Å²) in [6, 6.07) is 0. The monoisotopic (exact) mass is 255 g/mol. The van der Waals surface area contributed by atoms with E-state index in [1.54, 1.807) is 0 Å². The second kappa shape index (κ2) is 6.91. The molecular weight excluding hydrogens is 226 g/mol. The summed E-state index contributed by atoms with van der Waals surface area (Å²) in [5, 5.41) is 2.92. The van der Waals surface area contributed by atoms with E-state index in [0.717, 1.165) is 19.3 Å². The topological polar surface area (TPSA) is 46.2 Å². The van der Waals surface area contributed by atoms with E-state index in [1.807, 2.05) is 41.5 Å². The van der Waals surface area contributed by atoms with Crippen LogP contribution in [0, 0.1) is 10.8 Å². The number of Topliss-reactive ketones (excluding diaryl/α,β-unsaturated/α-hetero) is 1. The van der Waals surface area contributed by atoms with Crippen LogP contribution in [0.25, 0.3) is 0 Å². The Balaban J connectivity index is 3.60. The number of carbonyl (C=O) groups is 2. The van der Waals surface area contributed by atoms with Gasteiger partial charge >= 0.3 is 0 Å². The molecule has 0 heterocycles. The van der Waals surface area contributed by atoms with Crippen LogP contribution in [-0.2, 0) is 9.59 Å². The van der Waals surface area contributed by atoms with E-state index in [4.69, 9.17) is 0 Å². The van der Waals surface area contributed by atoms with Gasteiger partial charge in [0.2, 0.25) is 5.91 Å². The minimum atomic E-state index is -0.317. The van der Waals surface area contributed by atoms with Gasteiger partial charge in [0.05, 0.1) is 0 Å². The average Bonchev–Trinajstić information content (AvgIpc) is 2.19. The van der Waals surface area contributed by atoms with Crippen LogP contribution < -0.4 is 5.32 Å². The van der Waals surface area contributed by atoms with E-state index in [1.165, 1.54) is 0 Å². The van der Waals surface area contributed by atoms with Crippen LogP contribution in [0.5, 0.6) is 0 Å². The first-order chi connectivity index (χ1) is 8.05. The molecule has 0 bridgehead atoms. The molecule has 0 saturated carbocycles. The lowest BCUT2D eigenvalue weighted by Crippen LogP contribution is -2.35. The van der Waals surface area contributed by atoms with Crippen LogP contribution in [0.3, 0.4) is 0 Å². The zero-order chi connectivity index (χ0) is 14.4. The molecule has 0 atom stereocenters. The van der Waals surface area contributed by atoms with Gasteiger partial charge in [-0.1, -0.05) is 48.0 Å². The molecule has 0 aliphatic heterocycles. The maximum atomic E-state index is 11.7. The van der Waals surface area contributed by atoms with Crippen molar-refractivity contribution >= 4 is 11.7 Å². The minimum absolute atomic E-state index is 0.0910. The molecule has 18 heavy (non-hydrogen) atoms. The van der Waals surface area contributed by atoms with Crippen LogP contribution >= 0.6 is 0 Å². The number of hydrogen-bond donors (Lipinski definition) is 1. The summed E-state index contributed by atoms with van der Waals surface area (Å²) < 4.78 is 0. The zero-order valence-corrected chi connectivity index (χ0v) is 12.9. The largest absolute Gasteiger partial charge is 0.356 e. The Morgan fingerprint density at radius 1 is 0.833 bits per heavy atom. The molecule has 1 amide bonds. The van der Waals surface area contributed by atoms with Crippen molar-refractivity contribution in [1.29, 1.82) is 0 Å². The second-order valence-electron chi connectivity index (χ2n) is 6.99. The standard InChI is InChI=1S/C15H29NO2/c1-14(2,3)12(17)10-8-7-9-11-16-13(18)15(4,5)6/h7-11H2,1-6H3,(H,16,18). The highest BCUT2D eigenvalue weighted by Gasteiger charge is 2.21. The third kappa shape index (κ3) is 7.46. The average molecular weight is 255 g/mol. The quantitative estimate of drug-likeness (QED) is 0.740. The maximum absolute atomic E-state index is 11.7. The molecule has 0 aromatic heterocycles. The van der Waals surface area contributed by atoms with Crippen LogP contribution in [0.4, 0.5) is 0 Å². The predicted octanol–water partition coefficient (Wildman–Crippen LogP) is 3.32. The SMILES string of the molecule is CC(C)(C)C(=O)CCCCCNC(=O)C(C)(C)C. The van der Waals surface area contributed by atoms with Gasteiger partial charge in [-0.25, -0.2) is 0 Å². The smallest absolute Gasteiger partial charge is 0.225 e. The van der Waals surface area contributed by atoms with Crippen molar-refractivity contribution in [3.05, 3.63) is 0 Å². The fourth-order valence-corrected chi connectivity index (χ4v) is 1.43. The number of nitrogens with one attached hydrogen (secondary N) is 1. The van der Waals surface area contributed by atoms with Crippen molar-refractivity contribution in [1.82, 2.24) is 5.32 Å². The number of rotatable bonds is 6. The summed E-state index contributed by atoms with van der Waals surface area (Å²) in [5.41, 5.74) is -0.539. The zero-order valence-electron chi connectivity index (χ0n) is 12.9. The van der Waals surface area contributed by atoms with E-state index < -0.39 is 0 Å². The van der Waals surface area contributed by atoms with Gasteiger partial charge in [0.15, 0.2) is 0 Å². The van der Waals surface area contributed by atoms with Gasteiger partial charge in [0, 0.05) is 23.8 Å². The van der Waals surface area contributed by atoms with Gasteiger partial charge in [-0.3, -0.25) is 9.59 Å². The molecule has 3 heteroatoms. The number of carbonyl (C=O) groups excluding carboxylic acids is 2. The summed E-state index contributed by atoms with van der Waals surface area (Å²) in [4.78, 5) is 23.2. The van der Waals surface area contributed by atoms with Gasteiger partial charge in [-0.05, 0) is 12.8 Å². The molecule has 0 saturated heterocycles. The lowest BCUT2D eigenvalue weighted by Gasteiger charge is -2.18. The van der Waals surface area contributed by atoms with Crippen molar-refractivity contribution in [2.24, 2.45) is 10.8 Å². The molecule has 1 N–H and O–H groups in total. The molecule has 0 unspecified atom stereocenters. The van der Waals surface area contributed by atoms with Crippen molar-refractivity contribution < 1.29 is 9.59 Å². The predicted molar refractivity (Wildman–Crippen MR) is 75.4 cm³/mol. The number of hydrogen-bond acceptors (Lipinski definition) is 2. The molecule has 0 aliphatic carbocycles. The lowest BCUT2D eigenvalue weighted by atomic mass is 9.88. The second-order valence-corrected chi connectivity index (χ2v) is 6.99. The van der Waals surface area contributed by atoms with E-state index in [2.05, 4.69) is 5.32 Å². The number of unbranched alkanes of at least 4 members (excludes halogenated alkanes) is 2. The van der Waals surface area contributed by atoms with E-state index in [9.17, 15) is 9.59 Å². The first kappa shape index (κ1) is 17.1. The van der Waals surface area contributed by atoms with Crippen molar-refractivity contribution in [2.45, 2.75) is 67.2 Å². The molecule has 106 valence electrons. The molecule has 0 aromatic carbocycles. The van der Waals surface area contributed by atoms with Crippen LogP contribution in [0.1, 0.15) is 67.2 Å². The van der Waals surface area contributed by atoms with Crippen molar-refractivity contribution in [3.8, 4) is 0 Å². The molecule has 0 radical (unpaired) electrons. The summed E-state index contributed by atoms with van der Waals surface area (Å²) in [6.45, 7) is 12.3. The van der Waals surface area contributed by atoms with Crippen LogP contribution in [0.15, 0.2) is 0 Å². The fourth-order valence-electron chi connectivity index (χ4n) is 1.43. The van der Waals surface area contributed by atoms with Gasteiger partial charge in [0.25, 0.3) is 0 Å². The Morgan fingerprint density at radius 2 is 1.39 bits per heavy atom. The Kier molecular flexibility index (Phi) is 6.58. The Labute approximate surface area is 112 Å². The normalized spacial score (nSPS) is 12.3. The van der Waals surface area contributed by atoms with E-state index in [-0.39, 0.29) is 16.7 Å². The summed E-state index contributed by atoms with van der Waals surface area (Å²) in [6.07, 6.45) is 3.50. The molecule has 0 rings (SSSR count). The number of amides is 1. The van der Waals surface area contributed by atoms with Crippen molar-refractivity contribution in [3.63, 3.8) is 0 Å². The minimum Gasteiger partial charge on any atom is -0.356 e. The molecule has 0 spiro atoms. The summed E-state index contributed by atoms with van der Waals surface area (Å²) in [5.74, 6) is 0.412. The highest BCUT2D eigenvalue weighted by atomic mass is 16.2. The van der Waals surface area contributed by atoms with Gasteiger partial charge in [0.1, 0.15) is 5.78 Å². The first-order valence-corrected chi connectivity index (χ1v) is 6.87. The van der Waals surface area contributed by atoms with Gasteiger partial charge < -0.3 is 5.32 Å². The highest BCUT2D eigenvalue weighted by molar-refractivity contribution is 5.83. The molecule has 3 nitrogen and oxygen atoms in total. The van der Waals surface area contributed by atoms with Gasteiger partial charge in [-0.2, -0.15) is 0 Å². The van der Waals surface area contributed by atoms with Crippen molar-refractivity contribution in [2.75, 3.05) is 6.54 Å². The van der Waals surface area contributed by atoms with E-state index >= 15 is 0 Å². The molecular formula is C15H29NO2. The third-order valence-corrected chi connectivity index (χ3v) is 2.88. The first-order valence-electron chi connectivity index (χ1n) is 6.87. The third-order valence-electron chi connectivity index (χ3n) is 2.88. The Morgan fingerprint density at radius 3 is 1.83 bits per heavy atom. The molecule has 0 fully saturated rings. The summed E-state index contributed by atoms with van der Waals surface area (Å²) >= 11 is 0. The Hall–Kier alpha value is -0.860. The van der Waals surface area contributed by atoms with Crippen LogP contribution in [-0.4, -0.2) is 18.2 Å². The van der Waals surface area contributed by atoms with Crippen LogP contribution in [0.2, 0.25) is 0 Å². The number of ketones is 1. The Bertz CT molecular complexity index is 252. The lowest BCUT2D eigenvalue weighted by molar-refractivity contribution is -0.128. The summed E-state index contributed by atoms with van der Waals surface area (Å²) in [7, 11) is 0. The molecule has 0 aromatic rings. The molecule has 0 aliphatic rings. The highest BCUT2D eigenvalue weighted by Crippen LogP contribution is 2.18.